The number of aryl methyl sites for hydroxylation is 1. The number of nitrogens with one attached hydrogen (secondary N) is 1. The largest absolute Gasteiger partial charge is 0.573 e. The van der Waals surface area contributed by atoms with Crippen molar-refractivity contribution in [2.75, 3.05) is 12.4 Å². The molecule has 204 valence electrons. The van der Waals surface area contributed by atoms with Crippen molar-refractivity contribution in [3.05, 3.63) is 63.9 Å². The summed E-state index contributed by atoms with van der Waals surface area (Å²) in [6.45, 7) is 1.47. The van der Waals surface area contributed by atoms with Crippen LogP contribution in [0.15, 0.2) is 41.1 Å². The normalized spacial score (nSPS) is 13.2. The second-order valence-electron chi connectivity index (χ2n) is 7.03. The third kappa shape index (κ3) is 6.93. The highest BCUT2D eigenvalue weighted by Crippen LogP contribution is 2.42. The van der Waals surface area contributed by atoms with Crippen LogP contribution in [0.3, 0.4) is 0 Å². The van der Waals surface area contributed by atoms with Gasteiger partial charge in [0.15, 0.2) is 23.1 Å². The maximum absolute atomic E-state index is 15.3. The summed E-state index contributed by atoms with van der Waals surface area (Å²) >= 11 is 3.04. The lowest BCUT2D eigenvalue weighted by molar-refractivity contribution is -0.276. The number of ether oxygens (including phenoxy) is 4. The summed E-state index contributed by atoms with van der Waals surface area (Å²) in [4.78, 5) is 17.0. The SMILES string of the molecule is [2H]C([2H])([2H])Oc1c(Oc2ccc(OC(F)(F)F)c(F)c2C(=O)Nc2cc(Br)ncc2C)ccc(OC(F)(F)F)c1F. The Labute approximate surface area is 220 Å². The van der Waals surface area contributed by atoms with E-state index in [4.69, 9.17) is 8.85 Å². The van der Waals surface area contributed by atoms with Crippen LogP contribution in [-0.2, 0) is 0 Å². The van der Waals surface area contributed by atoms with Gasteiger partial charge in [0.05, 0.1) is 11.2 Å². The molecule has 0 saturated heterocycles. The monoisotopic (exact) mass is 619 g/mol. The highest BCUT2D eigenvalue weighted by Gasteiger charge is 2.36. The van der Waals surface area contributed by atoms with Gasteiger partial charge in [-0.05, 0) is 58.7 Å². The Morgan fingerprint density at radius 2 is 1.50 bits per heavy atom. The molecule has 0 atom stereocenters. The molecule has 0 fully saturated rings. The van der Waals surface area contributed by atoms with E-state index in [1.807, 2.05) is 0 Å². The van der Waals surface area contributed by atoms with Gasteiger partial charge in [0.2, 0.25) is 11.6 Å². The van der Waals surface area contributed by atoms with Crippen molar-refractivity contribution in [3.8, 4) is 28.7 Å². The maximum atomic E-state index is 15.3. The van der Waals surface area contributed by atoms with E-state index in [0.717, 1.165) is 0 Å². The smallest absolute Gasteiger partial charge is 0.490 e. The van der Waals surface area contributed by atoms with Crippen LogP contribution in [0.4, 0.5) is 40.8 Å². The molecule has 38 heavy (non-hydrogen) atoms. The number of pyridine rings is 1. The van der Waals surface area contributed by atoms with Crippen molar-refractivity contribution >= 4 is 27.5 Å². The van der Waals surface area contributed by atoms with Gasteiger partial charge >= 0.3 is 12.7 Å². The lowest BCUT2D eigenvalue weighted by atomic mass is 10.1. The number of nitrogens with zero attached hydrogens (tertiary/aromatic N) is 1. The predicted molar refractivity (Wildman–Crippen MR) is 117 cm³/mol. The molecular weight excluding hydrogens is 604 g/mol. The fourth-order valence-electron chi connectivity index (χ4n) is 2.87. The van der Waals surface area contributed by atoms with Gasteiger partial charge in [0, 0.05) is 11.9 Å². The van der Waals surface area contributed by atoms with Gasteiger partial charge in [-0.3, -0.25) is 4.79 Å². The minimum atomic E-state index is -5.41. The van der Waals surface area contributed by atoms with Crippen molar-refractivity contribution in [1.82, 2.24) is 4.98 Å². The molecule has 0 radical (unpaired) electrons. The Balaban J connectivity index is 2.16. The molecule has 0 aliphatic rings. The number of benzene rings is 2. The summed E-state index contributed by atoms with van der Waals surface area (Å²) in [7, 11) is -3.47. The zero-order valence-corrected chi connectivity index (χ0v) is 19.9. The Hall–Kier alpha value is -3.82. The summed E-state index contributed by atoms with van der Waals surface area (Å²) in [5.74, 6) is -11.8. The van der Waals surface area contributed by atoms with E-state index in [1.165, 1.54) is 19.2 Å². The molecule has 16 heteroatoms. The molecule has 3 aromatic rings. The average molecular weight is 620 g/mol. The molecule has 0 aliphatic carbocycles. The summed E-state index contributed by atoms with van der Waals surface area (Å²) in [5.41, 5.74) is -0.923. The standard InChI is InChI=1S/C22H13BrF8N2O5/c1-9-8-32-15(23)7-10(9)33-20(34)16-11(3-4-12(17(16)24)37-21(26,27)28)36-14-6-5-13(38-22(29,30)31)18(25)19(14)35-2/h3-8H,1-2H3,(H,32,33,34)/i2D3. The van der Waals surface area contributed by atoms with Crippen molar-refractivity contribution in [3.63, 3.8) is 0 Å². The topological polar surface area (TPSA) is 78.9 Å². The number of carbonyl (C=O) groups excluding carboxylic acids is 1. The Morgan fingerprint density at radius 1 is 0.947 bits per heavy atom. The second kappa shape index (κ2) is 10.9. The van der Waals surface area contributed by atoms with Crippen molar-refractivity contribution in [2.45, 2.75) is 19.6 Å². The first-order valence-corrected chi connectivity index (χ1v) is 10.5. The summed E-state index contributed by atoms with van der Waals surface area (Å²) in [5, 5.41) is 2.22. The number of methoxy groups -OCH3 is 1. The van der Waals surface area contributed by atoms with E-state index in [2.05, 4.69) is 40.4 Å². The van der Waals surface area contributed by atoms with E-state index in [9.17, 15) is 35.5 Å². The molecule has 1 heterocycles. The van der Waals surface area contributed by atoms with Crippen LogP contribution in [0, 0.1) is 18.6 Å². The first kappa shape index (κ1) is 24.5. The number of alkyl halides is 6. The van der Waals surface area contributed by atoms with Gasteiger partial charge in [-0.2, -0.15) is 4.39 Å². The zero-order valence-electron chi connectivity index (χ0n) is 21.4. The lowest BCUT2D eigenvalue weighted by Crippen LogP contribution is -2.21. The molecule has 1 aromatic heterocycles. The van der Waals surface area contributed by atoms with E-state index in [0.29, 0.717) is 29.8 Å². The van der Waals surface area contributed by atoms with Crippen LogP contribution in [0.25, 0.3) is 0 Å². The van der Waals surface area contributed by atoms with Gasteiger partial charge in [-0.1, -0.05) is 0 Å². The van der Waals surface area contributed by atoms with Crippen LogP contribution in [0.1, 0.15) is 20.0 Å². The predicted octanol–water partition coefficient (Wildman–Crippen LogP) is 7.28. The molecule has 7 nitrogen and oxygen atoms in total. The zero-order chi connectivity index (χ0) is 30.9. The van der Waals surface area contributed by atoms with Gasteiger partial charge < -0.3 is 24.3 Å². The number of hydrogen-bond donors (Lipinski definition) is 1. The Bertz CT molecular complexity index is 1470. The van der Waals surface area contributed by atoms with Gasteiger partial charge in [0.25, 0.3) is 5.91 Å². The Morgan fingerprint density at radius 3 is 2.08 bits per heavy atom. The number of hydrogen-bond acceptors (Lipinski definition) is 6. The lowest BCUT2D eigenvalue weighted by Gasteiger charge is -2.18. The molecular formula is C22H13BrF8N2O5. The van der Waals surface area contributed by atoms with Crippen molar-refractivity contribution < 1.29 is 63.0 Å². The third-order valence-corrected chi connectivity index (χ3v) is 4.85. The Kier molecular flexibility index (Phi) is 7.02. The van der Waals surface area contributed by atoms with Crippen molar-refractivity contribution in [1.29, 1.82) is 0 Å². The molecule has 0 bridgehead atoms. The minimum absolute atomic E-state index is 0.00971. The third-order valence-electron chi connectivity index (χ3n) is 4.41. The molecule has 0 unspecified atom stereocenters. The van der Waals surface area contributed by atoms with Crippen LogP contribution in [0.5, 0.6) is 28.7 Å². The highest BCUT2D eigenvalue weighted by molar-refractivity contribution is 9.10. The summed E-state index contributed by atoms with van der Waals surface area (Å²) in [6, 6.07) is 3.09. The van der Waals surface area contributed by atoms with Gasteiger partial charge in [-0.15, -0.1) is 26.3 Å². The number of rotatable bonds is 7. The van der Waals surface area contributed by atoms with Crippen LogP contribution in [-0.4, -0.2) is 30.7 Å². The van der Waals surface area contributed by atoms with E-state index >= 15 is 4.39 Å². The molecule has 3 rings (SSSR count). The second-order valence-corrected chi connectivity index (χ2v) is 7.84. The molecule has 0 aliphatic heterocycles. The van der Waals surface area contributed by atoms with Gasteiger partial charge in [-0.25, -0.2) is 9.37 Å². The van der Waals surface area contributed by atoms with Crippen LogP contribution >= 0.6 is 15.9 Å². The summed E-state index contributed by atoms with van der Waals surface area (Å²) < 4.78 is 145. The van der Waals surface area contributed by atoms with E-state index in [1.54, 1.807) is 0 Å². The average Bonchev–Trinajstić information content (AvgIpc) is 2.80. The number of carbonyl (C=O) groups is 1. The van der Waals surface area contributed by atoms with Crippen LogP contribution < -0.4 is 24.3 Å². The fourth-order valence-corrected chi connectivity index (χ4v) is 3.21. The number of halogens is 9. The highest BCUT2D eigenvalue weighted by atomic mass is 79.9. The molecule has 1 N–H and O–H groups in total. The first-order chi connectivity index (χ1) is 18.7. The molecule has 1 amide bonds. The minimum Gasteiger partial charge on any atom is -0.490 e. The fraction of sp³-hybridized carbons (Fsp3) is 0.182. The number of aromatic nitrogens is 1. The first-order valence-electron chi connectivity index (χ1n) is 11.2. The van der Waals surface area contributed by atoms with Crippen molar-refractivity contribution in [2.24, 2.45) is 0 Å². The maximum Gasteiger partial charge on any atom is 0.573 e. The number of anilines is 1. The van der Waals surface area contributed by atoms with E-state index < -0.39 is 71.6 Å². The van der Waals surface area contributed by atoms with E-state index in [-0.39, 0.29) is 10.3 Å². The van der Waals surface area contributed by atoms with Crippen LogP contribution in [0.2, 0.25) is 0 Å². The summed E-state index contributed by atoms with van der Waals surface area (Å²) in [6.07, 6.45) is -9.53. The number of amides is 1. The molecule has 2 aromatic carbocycles. The molecule has 0 spiro atoms. The quantitative estimate of drug-likeness (QED) is 0.221. The molecule has 0 saturated carbocycles. The van der Waals surface area contributed by atoms with Gasteiger partial charge in [0.1, 0.15) is 15.9 Å².